The summed E-state index contributed by atoms with van der Waals surface area (Å²) >= 11 is 6.12. The Labute approximate surface area is 166 Å². The molecule has 0 radical (unpaired) electrons. The topological polar surface area (TPSA) is 56.7 Å². The minimum Gasteiger partial charge on any atom is -0.393 e. The molecule has 2 aliphatic rings. The predicted molar refractivity (Wildman–Crippen MR) is 110 cm³/mol. The average molecular weight is 464 g/mol. The van der Waals surface area contributed by atoms with Crippen LogP contribution in [0.3, 0.4) is 0 Å². The van der Waals surface area contributed by atoms with E-state index in [4.69, 9.17) is 11.6 Å². The lowest BCUT2D eigenvalue weighted by molar-refractivity contribution is 0.134. The van der Waals surface area contributed by atoms with E-state index in [1.807, 2.05) is 12.1 Å². The highest BCUT2D eigenvalue weighted by Gasteiger charge is 2.44. The van der Waals surface area contributed by atoms with Crippen LogP contribution in [0.4, 0.5) is 0 Å². The first-order valence-corrected chi connectivity index (χ1v) is 8.89. The molecule has 24 heavy (non-hydrogen) atoms. The van der Waals surface area contributed by atoms with Gasteiger partial charge in [0.2, 0.25) is 0 Å². The van der Waals surface area contributed by atoms with Gasteiger partial charge in [-0.15, -0.1) is 24.0 Å². The van der Waals surface area contributed by atoms with Crippen LogP contribution in [0, 0.1) is 5.92 Å². The lowest BCUT2D eigenvalue weighted by Gasteiger charge is -2.21. The summed E-state index contributed by atoms with van der Waals surface area (Å²) in [6.07, 6.45) is 5.34. The number of nitrogens with zero attached hydrogens (tertiary/aromatic N) is 1. The van der Waals surface area contributed by atoms with Crippen LogP contribution in [-0.4, -0.2) is 37.3 Å². The fraction of sp³-hybridized carbons (Fsp3) is 0.611. The number of aliphatic imine (C=N–C) groups is 1. The van der Waals surface area contributed by atoms with Crippen LogP contribution in [0.5, 0.6) is 0 Å². The number of hydrogen-bond donors (Lipinski definition) is 3. The number of halogens is 2. The van der Waals surface area contributed by atoms with Crippen LogP contribution >= 0.6 is 35.6 Å². The quantitative estimate of drug-likeness (QED) is 0.357. The van der Waals surface area contributed by atoms with Gasteiger partial charge >= 0.3 is 0 Å². The minimum absolute atomic E-state index is 0. The molecule has 1 aromatic rings. The van der Waals surface area contributed by atoms with Crippen molar-refractivity contribution in [1.29, 1.82) is 0 Å². The average Bonchev–Trinajstić information content (AvgIpc) is 3.24. The van der Waals surface area contributed by atoms with Crippen molar-refractivity contribution in [3.63, 3.8) is 0 Å². The van der Waals surface area contributed by atoms with E-state index in [-0.39, 0.29) is 35.5 Å². The summed E-state index contributed by atoms with van der Waals surface area (Å²) in [5.41, 5.74) is 1.49. The van der Waals surface area contributed by atoms with Crippen molar-refractivity contribution in [3.05, 3.63) is 34.9 Å². The summed E-state index contributed by atoms with van der Waals surface area (Å²) < 4.78 is 0. The van der Waals surface area contributed by atoms with Gasteiger partial charge in [0.15, 0.2) is 5.96 Å². The second kappa shape index (κ2) is 8.72. The Morgan fingerprint density at radius 1 is 1.33 bits per heavy atom. The standard InChI is InChI=1S/C18H26ClN3O.HI/c1-20-17(21-11-13-4-2-7-16(13)23)22-12-18(8-9-18)14-5-3-6-15(19)10-14;/h3,5-6,10,13,16,23H,2,4,7-9,11-12H2,1H3,(H2,20,21,22);1H. The zero-order valence-corrected chi connectivity index (χ0v) is 17.2. The SMILES string of the molecule is CN=C(NCC1CCCC1O)NCC1(c2cccc(Cl)c2)CC1.I. The second-order valence-corrected chi connectivity index (χ2v) is 7.29. The molecule has 0 aromatic heterocycles. The van der Waals surface area contributed by atoms with E-state index >= 15 is 0 Å². The number of hydrogen-bond acceptors (Lipinski definition) is 2. The van der Waals surface area contributed by atoms with E-state index < -0.39 is 0 Å². The Balaban J connectivity index is 0.00000208. The number of aliphatic hydroxyl groups is 1. The molecule has 0 bridgehead atoms. The lowest BCUT2D eigenvalue weighted by Crippen LogP contribution is -2.43. The Morgan fingerprint density at radius 2 is 2.12 bits per heavy atom. The second-order valence-electron chi connectivity index (χ2n) is 6.86. The Hall–Kier alpha value is -0.530. The van der Waals surface area contributed by atoms with Crippen molar-refractivity contribution in [2.75, 3.05) is 20.1 Å². The fourth-order valence-corrected chi connectivity index (χ4v) is 3.68. The maximum atomic E-state index is 9.91. The Bertz CT molecular complexity index is 577. The summed E-state index contributed by atoms with van der Waals surface area (Å²) in [5, 5.41) is 17.5. The highest BCUT2D eigenvalue weighted by molar-refractivity contribution is 14.0. The largest absolute Gasteiger partial charge is 0.393 e. The molecule has 1 aromatic carbocycles. The molecule has 0 saturated heterocycles. The van der Waals surface area contributed by atoms with Gasteiger partial charge in [-0.1, -0.05) is 30.2 Å². The van der Waals surface area contributed by atoms with Gasteiger partial charge in [0, 0.05) is 36.5 Å². The number of guanidine groups is 1. The van der Waals surface area contributed by atoms with E-state index in [2.05, 4.69) is 27.8 Å². The molecule has 2 aliphatic carbocycles. The van der Waals surface area contributed by atoms with E-state index in [0.717, 1.165) is 43.3 Å². The summed E-state index contributed by atoms with van der Waals surface area (Å²) in [6.45, 7) is 1.64. The van der Waals surface area contributed by atoms with E-state index in [9.17, 15) is 5.11 Å². The van der Waals surface area contributed by atoms with E-state index in [1.54, 1.807) is 7.05 Å². The normalized spacial score (nSPS) is 25.0. The van der Waals surface area contributed by atoms with Crippen molar-refractivity contribution < 1.29 is 5.11 Å². The van der Waals surface area contributed by atoms with Gasteiger partial charge in [-0.3, -0.25) is 4.99 Å². The van der Waals surface area contributed by atoms with Gasteiger partial charge in [0.1, 0.15) is 0 Å². The molecule has 134 valence electrons. The molecule has 2 unspecified atom stereocenters. The highest BCUT2D eigenvalue weighted by atomic mass is 127. The number of benzene rings is 1. The molecule has 0 heterocycles. The molecule has 6 heteroatoms. The molecular weight excluding hydrogens is 437 g/mol. The van der Waals surface area contributed by atoms with Crippen LogP contribution in [0.1, 0.15) is 37.7 Å². The van der Waals surface area contributed by atoms with Gasteiger partial charge in [-0.05, 0) is 43.4 Å². The van der Waals surface area contributed by atoms with Gasteiger partial charge in [-0.2, -0.15) is 0 Å². The van der Waals surface area contributed by atoms with Crippen LogP contribution in [0.2, 0.25) is 5.02 Å². The number of nitrogens with one attached hydrogen (secondary N) is 2. The molecule has 2 atom stereocenters. The molecule has 4 nitrogen and oxygen atoms in total. The monoisotopic (exact) mass is 463 g/mol. The molecule has 3 rings (SSSR count). The zero-order chi connectivity index (χ0) is 16.3. The van der Waals surface area contributed by atoms with Gasteiger partial charge < -0.3 is 15.7 Å². The first kappa shape index (κ1) is 19.8. The van der Waals surface area contributed by atoms with Crippen molar-refractivity contribution in [2.24, 2.45) is 10.9 Å². The fourth-order valence-electron chi connectivity index (χ4n) is 3.49. The summed E-state index contributed by atoms with van der Waals surface area (Å²) in [6, 6.07) is 8.17. The van der Waals surface area contributed by atoms with Crippen molar-refractivity contribution in [1.82, 2.24) is 10.6 Å². The zero-order valence-electron chi connectivity index (χ0n) is 14.1. The van der Waals surface area contributed by atoms with Crippen molar-refractivity contribution in [2.45, 2.75) is 43.6 Å². The lowest BCUT2D eigenvalue weighted by atomic mass is 9.96. The predicted octanol–water partition coefficient (Wildman–Crippen LogP) is 3.32. The molecule has 0 spiro atoms. The van der Waals surface area contributed by atoms with Crippen LogP contribution in [0.25, 0.3) is 0 Å². The van der Waals surface area contributed by atoms with E-state index in [1.165, 1.54) is 18.4 Å². The molecule has 2 saturated carbocycles. The Morgan fingerprint density at radius 3 is 2.71 bits per heavy atom. The maximum absolute atomic E-state index is 9.91. The highest BCUT2D eigenvalue weighted by Crippen LogP contribution is 2.48. The smallest absolute Gasteiger partial charge is 0.191 e. The summed E-state index contributed by atoms with van der Waals surface area (Å²) in [7, 11) is 1.79. The first-order valence-electron chi connectivity index (χ1n) is 8.52. The van der Waals surface area contributed by atoms with E-state index in [0.29, 0.717) is 5.92 Å². The third-order valence-electron chi connectivity index (χ3n) is 5.26. The minimum atomic E-state index is -0.165. The van der Waals surface area contributed by atoms with Crippen molar-refractivity contribution in [3.8, 4) is 0 Å². The molecule has 2 fully saturated rings. The molecule has 0 amide bonds. The van der Waals surface area contributed by atoms with Crippen LogP contribution in [0.15, 0.2) is 29.3 Å². The number of rotatable bonds is 5. The van der Waals surface area contributed by atoms with Crippen LogP contribution < -0.4 is 10.6 Å². The molecule has 0 aliphatic heterocycles. The van der Waals surface area contributed by atoms with Crippen LogP contribution in [-0.2, 0) is 5.41 Å². The molecule has 3 N–H and O–H groups in total. The third kappa shape index (κ3) is 4.76. The summed E-state index contributed by atoms with van der Waals surface area (Å²) in [5.74, 6) is 1.16. The van der Waals surface area contributed by atoms with Gasteiger partial charge in [0.05, 0.1) is 6.10 Å². The molecular formula is C18H27ClIN3O. The first-order chi connectivity index (χ1) is 11.1. The van der Waals surface area contributed by atoms with Gasteiger partial charge in [0.25, 0.3) is 0 Å². The third-order valence-corrected chi connectivity index (χ3v) is 5.49. The number of aliphatic hydroxyl groups excluding tert-OH is 1. The summed E-state index contributed by atoms with van der Waals surface area (Å²) in [4.78, 5) is 4.30. The Kier molecular flexibility index (Phi) is 7.19. The maximum Gasteiger partial charge on any atom is 0.191 e. The van der Waals surface area contributed by atoms with Crippen molar-refractivity contribution >= 4 is 41.5 Å². The van der Waals surface area contributed by atoms with Gasteiger partial charge in [-0.25, -0.2) is 0 Å².